The van der Waals surface area contributed by atoms with Gasteiger partial charge in [0.25, 0.3) is 0 Å². The van der Waals surface area contributed by atoms with E-state index in [4.69, 9.17) is 4.74 Å². The van der Waals surface area contributed by atoms with Crippen LogP contribution in [0.3, 0.4) is 0 Å². The second kappa shape index (κ2) is 9.90. The molecule has 0 N–H and O–H groups in total. The molecular formula is C23H32N2O2. The van der Waals surface area contributed by atoms with E-state index in [1.165, 1.54) is 31.9 Å². The molecule has 4 atom stereocenters. The molecule has 0 spiro atoms. The van der Waals surface area contributed by atoms with Crippen molar-refractivity contribution >= 4 is 5.97 Å². The Labute approximate surface area is 163 Å². The summed E-state index contributed by atoms with van der Waals surface area (Å²) >= 11 is 0. The van der Waals surface area contributed by atoms with E-state index in [-0.39, 0.29) is 29.6 Å². The number of esters is 1. The lowest BCUT2D eigenvalue weighted by Crippen LogP contribution is -2.34. The lowest BCUT2D eigenvalue weighted by atomic mass is 9.73. The van der Waals surface area contributed by atoms with Gasteiger partial charge in [-0.05, 0) is 30.2 Å². The second-order valence-electron chi connectivity index (χ2n) is 8.22. The predicted molar refractivity (Wildman–Crippen MR) is 106 cm³/mol. The van der Waals surface area contributed by atoms with Gasteiger partial charge in [-0.2, -0.15) is 5.26 Å². The molecule has 1 aromatic rings. The van der Waals surface area contributed by atoms with Crippen LogP contribution >= 0.6 is 0 Å². The van der Waals surface area contributed by atoms with Crippen LogP contribution in [0.5, 0.6) is 0 Å². The fourth-order valence-corrected chi connectivity index (χ4v) is 5.10. The average Bonchev–Trinajstić information content (AvgIpc) is 3.14. The number of rotatable bonds is 4. The molecular weight excluding hydrogens is 336 g/mol. The van der Waals surface area contributed by atoms with Gasteiger partial charge in [-0.15, -0.1) is 0 Å². The van der Waals surface area contributed by atoms with Crippen LogP contribution in [0.1, 0.15) is 50.5 Å². The summed E-state index contributed by atoms with van der Waals surface area (Å²) in [6, 6.07) is 13.0. The Kier molecular flexibility index (Phi) is 7.29. The van der Waals surface area contributed by atoms with E-state index in [0.717, 1.165) is 45.3 Å². The van der Waals surface area contributed by atoms with Crippen molar-refractivity contribution in [3.05, 3.63) is 35.9 Å². The first-order chi connectivity index (χ1) is 13.2. The summed E-state index contributed by atoms with van der Waals surface area (Å²) in [6.07, 6.45) is 7.90. The highest BCUT2D eigenvalue weighted by Gasteiger charge is 2.43. The molecule has 4 unspecified atom stereocenters. The number of likely N-dealkylation sites (tertiary alicyclic amines) is 1. The smallest absolute Gasteiger partial charge is 0.308 e. The summed E-state index contributed by atoms with van der Waals surface area (Å²) in [4.78, 5) is 15.0. The van der Waals surface area contributed by atoms with Gasteiger partial charge in [0.15, 0.2) is 0 Å². The van der Waals surface area contributed by atoms with E-state index >= 15 is 0 Å². The topological polar surface area (TPSA) is 53.3 Å². The lowest BCUT2D eigenvalue weighted by Gasteiger charge is -2.31. The minimum absolute atomic E-state index is 0.00613. The highest BCUT2D eigenvalue weighted by atomic mass is 16.5. The highest BCUT2D eigenvalue weighted by Crippen LogP contribution is 2.40. The van der Waals surface area contributed by atoms with Crippen LogP contribution in [0, 0.1) is 35.0 Å². The van der Waals surface area contributed by atoms with E-state index < -0.39 is 0 Å². The molecule has 1 aliphatic carbocycles. The Morgan fingerprint density at radius 2 is 1.78 bits per heavy atom. The Balaban J connectivity index is 1.76. The van der Waals surface area contributed by atoms with Crippen LogP contribution in [0.4, 0.5) is 0 Å². The molecule has 0 amide bonds. The van der Waals surface area contributed by atoms with Crippen LogP contribution in [0.2, 0.25) is 0 Å². The molecule has 2 aliphatic rings. The fraction of sp³-hybridized carbons (Fsp3) is 0.652. The highest BCUT2D eigenvalue weighted by molar-refractivity contribution is 5.72. The molecule has 0 aromatic heterocycles. The monoisotopic (exact) mass is 368 g/mol. The fourth-order valence-electron chi connectivity index (χ4n) is 5.10. The number of methoxy groups -OCH3 is 1. The molecule has 1 saturated heterocycles. The average molecular weight is 369 g/mol. The van der Waals surface area contributed by atoms with Crippen molar-refractivity contribution in [3.8, 4) is 6.07 Å². The van der Waals surface area contributed by atoms with Crippen molar-refractivity contribution in [2.45, 2.75) is 51.5 Å². The largest absolute Gasteiger partial charge is 0.469 e. The first kappa shape index (κ1) is 19.9. The van der Waals surface area contributed by atoms with Crippen molar-refractivity contribution in [1.29, 1.82) is 5.26 Å². The maximum absolute atomic E-state index is 12.6. The third-order valence-electron chi connectivity index (χ3n) is 6.48. The molecule has 1 aliphatic heterocycles. The predicted octanol–water partition coefficient (Wildman–Crippen LogP) is 4.41. The SMILES string of the molecule is COC(=O)C1CCCCCCCC1C1CN(Cc2ccccc2)CC1C#N. The normalized spacial score (nSPS) is 29.9. The molecule has 2 fully saturated rings. The van der Waals surface area contributed by atoms with Crippen LogP contribution in [-0.4, -0.2) is 31.1 Å². The van der Waals surface area contributed by atoms with E-state index in [0.29, 0.717) is 0 Å². The van der Waals surface area contributed by atoms with Crippen molar-refractivity contribution < 1.29 is 9.53 Å². The summed E-state index contributed by atoms with van der Waals surface area (Å²) in [6.45, 7) is 2.59. The van der Waals surface area contributed by atoms with E-state index in [1.807, 2.05) is 6.07 Å². The molecule has 1 heterocycles. The number of nitrogens with zero attached hydrogens (tertiary/aromatic N) is 2. The number of nitriles is 1. The lowest BCUT2D eigenvalue weighted by molar-refractivity contribution is -0.149. The van der Waals surface area contributed by atoms with Gasteiger partial charge in [-0.25, -0.2) is 0 Å². The number of ether oxygens (including phenoxy) is 1. The summed E-state index contributed by atoms with van der Waals surface area (Å²) in [7, 11) is 1.50. The zero-order valence-corrected chi connectivity index (χ0v) is 16.5. The molecule has 27 heavy (non-hydrogen) atoms. The van der Waals surface area contributed by atoms with Crippen molar-refractivity contribution in [2.24, 2.45) is 23.7 Å². The van der Waals surface area contributed by atoms with Gasteiger partial charge >= 0.3 is 5.97 Å². The Morgan fingerprint density at radius 1 is 1.07 bits per heavy atom. The minimum atomic E-state index is -0.0694. The zero-order chi connectivity index (χ0) is 19.1. The summed E-state index contributed by atoms with van der Waals surface area (Å²) in [5.74, 6) is 0.416. The molecule has 146 valence electrons. The van der Waals surface area contributed by atoms with Gasteiger partial charge in [-0.1, -0.05) is 62.4 Å². The Bertz CT molecular complexity index is 640. The molecule has 3 rings (SSSR count). The Morgan fingerprint density at radius 3 is 2.48 bits per heavy atom. The van der Waals surface area contributed by atoms with Gasteiger partial charge in [0.05, 0.1) is 25.0 Å². The van der Waals surface area contributed by atoms with Gasteiger partial charge < -0.3 is 4.74 Å². The van der Waals surface area contributed by atoms with Gasteiger partial charge in [0, 0.05) is 19.6 Å². The van der Waals surface area contributed by atoms with Gasteiger partial charge in [0.2, 0.25) is 0 Å². The van der Waals surface area contributed by atoms with Crippen LogP contribution in [-0.2, 0) is 16.1 Å². The van der Waals surface area contributed by atoms with Crippen LogP contribution in [0.25, 0.3) is 0 Å². The van der Waals surface area contributed by atoms with Crippen LogP contribution < -0.4 is 0 Å². The van der Waals surface area contributed by atoms with Crippen LogP contribution in [0.15, 0.2) is 30.3 Å². The molecule has 4 heteroatoms. The molecule has 0 radical (unpaired) electrons. The zero-order valence-electron chi connectivity index (χ0n) is 16.5. The number of hydrogen-bond donors (Lipinski definition) is 0. The molecule has 1 saturated carbocycles. The van der Waals surface area contributed by atoms with Crippen molar-refractivity contribution in [2.75, 3.05) is 20.2 Å². The first-order valence-corrected chi connectivity index (χ1v) is 10.5. The number of benzene rings is 1. The number of carbonyl (C=O) groups excluding carboxylic acids is 1. The quantitative estimate of drug-likeness (QED) is 0.739. The van der Waals surface area contributed by atoms with E-state index in [2.05, 4.69) is 35.2 Å². The summed E-state index contributed by atoms with van der Waals surface area (Å²) in [5, 5.41) is 9.82. The van der Waals surface area contributed by atoms with E-state index in [1.54, 1.807) is 0 Å². The molecule has 1 aromatic carbocycles. The molecule has 4 nitrogen and oxygen atoms in total. The molecule has 0 bridgehead atoms. The standard InChI is InChI=1S/C23H32N2O2/c1-27-23(26)21-13-9-4-2-3-8-12-20(21)22-17-25(16-19(22)14-24)15-18-10-6-5-7-11-18/h5-7,10-11,19-22H,2-4,8-9,12-13,15-17H2,1H3. The number of hydrogen-bond acceptors (Lipinski definition) is 4. The summed E-state index contributed by atoms with van der Waals surface area (Å²) in [5.41, 5.74) is 1.29. The second-order valence-corrected chi connectivity index (χ2v) is 8.22. The Hall–Kier alpha value is -1.86. The maximum Gasteiger partial charge on any atom is 0.308 e. The minimum Gasteiger partial charge on any atom is -0.469 e. The van der Waals surface area contributed by atoms with Crippen molar-refractivity contribution in [1.82, 2.24) is 4.90 Å². The first-order valence-electron chi connectivity index (χ1n) is 10.5. The van der Waals surface area contributed by atoms with Gasteiger partial charge in [-0.3, -0.25) is 9.69 Å². The maximum atomic E-state index is 12.6. The number of carbonyl (C=O) groups is 1. The third-order valence-corrected chi connectivity index (χ3v) is 6.48. The summed E-state index contributed by atoms with van der Waals surface area (Å²) < 4.78 is 5.17. The van der Waals surface area contributed by atoms with E-state index in [9.17, 15) is 10.1 Å². The third kappa shape index (κ3) is 5.11. The van der Waals surface area contributed by atoms with Gasteiger partial charge in [0.1, 0.15) is 0 Å². The van der Waals surface area contributed by atoms with Crippen molar-refractivity contribution in [3.63, 3.8) is 0 Å².